The van der Waals surface area contributed by atoms with Crippen molar-refractivity contribution in [2.45, 2.75) is 13.0 Å². The molecule has 3 aromatic carbocycles. The van der Waals surface area contributed by atoms with Gasteiger partial charge in [-0.15, -0.1) is 0 Å². The summed E-state index contributed by atoms with van der Waals surface area (Å²) in [7, 11) is 3.11. The van der Waals surface area contributed by atoms with Gasteiger partial charge in [-0.05, 0) is 55.0 Å². The largest absolute Gasteiger partial charge is 0.493 e. The molecule has 1 amide bonds. The van der Waals surface area contributed by atoms with Crippen LogP contribution < -0.4 is 19.8 Å². The van der Waals surface area contributed by atoms with Crippen molar-refractivity contribution in [1.29, 1.82) is 0 Å². The molecule has 1 aliphatic heterocycles. The first-order valence-corrected chi connectivity index (χ1v) is 11.1. The third-order valence-electron chi connectivity index (χ3n) is 5.84. The number of hydrogen-bond acceptors (Lipinski definition) is 5. The molecule has 0 radical (unpaired) electrons. The van der Waals surface area contributed by atoms with E-state index in [-0.39, 0.29) is 17.1 Å². The van der Waals surface area contributed by atoms with Gasteiger partial charge in [-0.25, -0.2) is 0 Å². The van der Waals surface area contributed by atoms with Gasteiger partial charge in [0.2, 0.25) is 5.76 Å². The number of ether oxygens (including phenoxy) is 2. The molecule has 0 bridgehead atoms. The van der Waals surface area contributed by atoms with Gasteiger partial charge in [0.05, 0.1) is 31.2 Å². The monoisotopic (exact) mass is 505 g/mol. The summed E-state index contributed by atoms with van der Waals surface area (Å²) in [4.78, 5) is 29.0. The Morgan fingerprint density at radius 2 is 1.73 bits per heavy atom. The molecule has 166 valence electrons. The molecule has 7 heteroatoms. The van der Waals surface area contributed by atoms with Crippen LogP contribution in [-0.4, -0.2) is 20.1 Å². The van der Waals surface area contributed by atoms with Gasteiger partial charge in [0.25, 0.3) is 5.91 Å². The molecule has 0 saturated heterocycles. The van der Waals surface area contributed by atoms with Crippen molar-refractivity contribution < 1.29 is 18.7 Å². The average Bonchev–Trinajstić information content (AvgIpc) is 3.11. The van der Waals surface area contributed by atoms with E-state index in [2.05, 4.69) is 15.9 Å². The maximum absolute atomic E-state index is 13.7. The number of fused-ring (bicyclic) bond motifs is 2. The molecule has 1 unspecified atom stereocenters. The van der Waals surface area contributed by atoms with Crippen LogP contribution >= 0.6 is 15.9 Å². The molecule has 5 rings (SSSR count). The summed E-state index contributed by atoms with van der Waals surface area (Å²) in [5.41, 5.74) is 2.76. The molecule has 0 fully saturated rings. The van der Waals surface area contributed by atoms with Crippen molar-refractivity contribution in [2.24, 2.45) is 0 Å². The molecule has 0 aliphatic carbocycles. The van der Waals surface area contributed by atoms with Crippen LogP contribution in [0.4, 0.5) is 5.69 Å². The van der Waals surface area contributed by atoms with E-state index in [4.69, 9.17) is 13.9 Å². The van der Waals surface area contributed by atoms with Crippen molar-refractivity contribution in [2.75, 3.05) is 19.1 Å². The highest BCUT2D eigenvalue weighted by atomic mass is 79.9. The number of carbonyl (C=O) groups excluding carboxylic acids is 1. The van der Waals surface area contributed by atoms with Crippen molar-refractivity contribution >= 4 is 38.5 Å². The average molecular weight is 506 g/mol. The summed E-state index contributed by atoms with van der Waals surface area (Å²) in [6.07, 6.45) is 0. The van der Waals surface area contributed by atoms with Crippen LogP contribution in [0.25, 0.3) is 11.0 Å². The Labute approximate surface area is 198 Å². The number of methoxy groups -OCH3 is 2. The van der Waals surface area contributed by atoms with E-state index in [0.29, 0.717) is 39.3 Å². The van der Waals surface area contributed by atoms with E-state index in [9.17, 15) is 9.59 Å². The first-order valence-electron chi connectivity index (χ1n) is 10.3. The molecule has 0 spiro atoms. The molecule has 6 nitrogen and oxygen atoms in total. The minimum absolute atomic E-state index is 0.0520. The van der Waals surface area contributed by atoms with Crippen LogP contribution in [0.2, 0.25) is 0 Å². The second kappa shape index (κ2) is 8.08. The molecular weight excluding hydrogens is 486 g/mol. The maximum atomic E-state index is 13.7. The first kappa shape index (κ1) is 21.3. The number of anilines is 1. The number of carbonyl (C=O) groups is 1. The topological polar surface area (TPSA) is 69.0 Å². The molecule has 0 N–H and O–H groups in total. The van der Waals surface area contributed by atoms with Gasteiger partial charge in [-0.1, -0.05) is 39.7 Å². The Morgan fingerprint density at radius 3 is 2.45 bits per heavy atom. The van der Waals surface area contributed by atoms with Gasteiger partial charge >= 0.3 is 0 Å². The second-order valence-electron chi connectivity index (χ2n) is 7.85. The third kappa shape index (κ3) is 3.40. The molecule has 1 aromatic heterocycles. The lowest BCUT2D eigenvalue weighted by Crippen LogP contribution is -2.29. The smallest absolute Gasteiger partial charge is 0.295 e. The summed E-state index contributed by atoms with van der Waals surface area (Å²) in [6, 6.07) is 17.5. The number of rotatable bonds is 4. The van der Waals surface area contributed by atoms with Crippen molar-refractivity contribution in [3.8, 4) is 11.5 Å². The summed E-state index contributed by atoms with van der Waals surface area (Å²) in [5, 5.41) is 0.447. The van der Waals surface area contributed by atoms with E-state index < -0.39 is 6.04 Å². The highest BCUT2D eigenvalue weighted by Gasteiger charge is 2.44. The van der Waals surface area contributed by atoms with Crippen LogP contribution in [0.3, 0.4) is 0 Å². The summed E-state index contributed by atoms with van der Waals surface area (Å²) >= 11 is 3.48. The van der Waals surface area contributed by atoms with Gasteiger partial charge in [-0.2, -0.15) is 0 Å². The molecule has 0 saturated carbocycles. The number of amides is 1. The fourth-order valence-corrected chi connectivity index (χ4v) is 4.70. The summed E-state index contributed by atoms with van der Waals surface area (Å²) < 4.78 is 17.7. The number of nitrogens with zero attached hydrogens (tertiary/aromatic N) is 1. The predicted molar refractivity (Wildman–Crippen MR) is 130 cm³/mol. The van der Waals surface area contributed by atoms with Crippen LogP contribution in [0, 0.1) is 6.92 Å². The quantitative estimate of drug-likeness (QED) is 0.359. The van der Waals surface area contributed by atoms with E-state index >= 15 is 0 Å². The molecule has 1 atom stereocenters. The fraction of sp³-hybridized carbons (Fsp3) is 0.154. The van der Waals surface area contributed by atoms with Crippen molar-refractivity contribution in [3.63, 3.8) is 0 Å². The lowest BCUT2D eigenvalue weighted by molar-refractivity contribution is 0.0971. The van der Waals surface area contributed by atoms with E-state index in [1.165, 1.54) is 0 Å². The Morgan fingerprint density at radius 1 is 0.939 bits per heavy atom. The lowest BCUT2D eigenvalue weighted by Gasteiger charge is -2.26. The summed E-state index contributed by atoms with van der Waals surface area (Å²) in [5.74, 6) is 0.741. The molecular formula is C26H20BrNO5. The van der Waals surface area contributed by atoms with Gasteiger partial charge in [0.15, 0.2) is 16.9 Å². The van der Waals surface area contributed by atoms with Crippen molar-refractivity contribution in [3.05, 3.63) is 97.8 Å². The maximum Gasteiger partial charge on any atom is 0.295 e. The van der Waals surface area contributed by atoms with Crippen molar-refractivity contribution in [1.82, 2.24) is 0 Å². The Kier molecular flexibility index (Phi) is 5.21. The summed E-state index contributed by atoms with van der Waals surface area (Å²) in [6.45, 7) is 1.91. The van der Waals surface area contributed by atoms with Gasteiger partial charge in [0.1, 0.15) is 5.58 Å². The lowest BCUT2D eigenvalue weighted by atomic mass is 9.97. The highest BCUT2D eigenvalue weighted by molar-refractivity contribution is 9.10. The van der Waals surface area contributed by atoms with Crippen LogP contribution in [0.5, 0.6) is 11.5 Å². The zero-order chi connectivity index (χ0) is 23.3. The predicted octanol–water partition coefficient (Wildman–Crippen LogP) is 5.63. The van der Waals surface area contributed by atoms with Crippen LogP contribution in [0.15, 0.2) is 74.3 Å². The Bertz CT molecular complexity index is 1480. The van der Waals surface area contributed by atoms with E-state index in [0.717, 1.165) is 10.0 Å². The van der Waals surface area contributed by atoms with Crippen LogP contribution in [-0.2, 0) is 0 Å². The number of halogens is 1. The zero-order valence-electron chi connectivity index (χ0n) is 18.2. The fourth-order valence-electron chi connectivity index (χ4n) is 4.32. The second-order valence-corrected chi connectivity index (χ2v) is 8.76. The minimum atomic E-state index is -0.692. The standard InChI is InChI=1S/C26H20BrNO5/c1-14-7-9-19-18(11-14)24(29)22-23(15-8-10-20(31-2)21(12-15)32-3)28(26(30)25(22)33-19)17-6-4-5-16(27)13-17/h4-13,23H,1-3H3. The van der Waals surface area contributed by atoms with Gasteiger partial charge in [-0.3, -0.25) is 14.5 Å². The van der Waals surface area contributed by atoms with Gasteiger partial charge in [0, 0.05) is 10.2 Å². The van der Waals surface area contributed by atoms with E-state index in [1.54, 1.807) is 43.4 Å². The SMILES string of the molecule is COc1ccc(C2c3c(oc4ccc(C)cc4c3=O)C(=O)N2c2cccc(Br)c2)cc1OC. The number of benzene rings is 3. The first-order chi connectivity index (χ1) is 15.9. The molecule has 33 heavy (non-hydrogen) atoms. The normalized spacial score (nSPS) is 15.1. The molecule has 2 heterocycles. The minimum Gasteiger partial charge on any atom is -0.493 e. The van der Waals surface area contributed by atoms with Gasteiger partial charge < -0.3 is 13.9 Å². The number of aryl methyl sites for hydroxylation is 1. The van der Waals surface area contributed by atoms with Crippen LogP contribution in [0.1, 0.15) is 33.3 Å². The Hall–Kier alpha value is -3.58. The Balaban J connectivity index is 1.82. The van der Waals surface area contributed by atoms with E-state index in [1.807, 2.05) is 43.3 Å². The zero-order valence-corrected chi connectivity index (χ0v) is 19.8. The molecule has 4 aromatic rings. The highest BCUT2D eigenvalue weighted by Crippen LogP contribution is 2.43. The molecule has 1 aliphatic rings. The number of hydrogen-bond donors (Lipinski definition) is 0. The third-order valence-corrected chi connectivity index (χ3v) is 6.33.